The standard InChI is InChI=1S/C35H37N7O/c1-25-19-26(2)21-29(20-25)34-31(32-22-30(13-14-33(32)37-34)42-35(43)38-39-40-42)15-18-41(24-28-10-4-3-5-11-28)17-7-6-9-27-12-8-16-36-23-27/h3-5,8,10-14,16,19-23,37H,6-7,9,15,17-18,24H2,1-2H3,(H,38,40,43). The molecule has 0 bridgehead atoms. The number of aryl methyl sites for hydroxylation is 3. The van der Waals surface area contributed by atoms with Gasteiger partial charge >= 0.3 is 5.69 Å². The molecule has 6 aromatic rings. The molecule has 218 valence electrons. The molecule has 8 heteroatoms. The maximum Gasteiger partial charge on any atom is 0.365 e. The molecule has 8 nitrogen and oxygen atoms in total. The van der Waals surface area contributed by atoms with Crippen LogP contribution in [0.1, 0.15) is 40.7 Å². The van der Waals surface area contributed by atoms with Gasteiger partial charge in [0.2, 0.25) is 0 Å². The highest BCUT2D eigenvalue weighted by Gasteiger charge is 2.17. The molecule has 0 saturated carbocycles. The molecule has 43 heavy (non-hydrogen) atoms. The Kier molecular flexibility index (Phi) is 8.56. The van der Waals surface area contributed by atoms with Crippen molar-refractivity contribution < 1.29 is 0 Å². The summed E-state index contributed by atoms with van der Waals surface area (Å²) in [5, 5.41) is 11.2. The molecule has 3 aromatic heterocycles. The normalized spacial score (nSPS) is 11.5. The van der Waals surface area contributed by atoms with Gasteiger partial charge < -0.3 is 4.98 Å². The molecule has 0 spiro atoms. The first kappa shape index (κ1) is 28.3. The first-order valence-electron chi connectivity index (χ1n) is 14.9. The molecule has 0 amide bonds. The van der Waals surface area contributed by atoms with E-state index in [4.69, 9.17) is 0 Å². The van der Waals surface area contributed by atoms with Crippen molar-refractivity contribution in [3.05, 3.63) is 130 Å². The van der Waals surface area contributed by atoms with Crippen molar-refractivity contribution in [2.75, 3.05) is 13.1 Å². The molecule has 0 fully saturated rings. The minimum atomic E-state index is -0.355. The van der Waals surface area contributed by atoms with E-state index in [0.717, 1.165) is 61.9 Å². The van der Waals surface area contributed by atoms with Crippen molar-refractivity contribution >= 4 is 10.9 Å². The highest BCUT2D eigenvalue weighted by atomic mass is 16.2. The molecule has 0 saturated heterocycles. The molecule has 3 heterocycles. The smallest absolute Gasteiger partial charge is 0.354 e. The lowest BCUT2D eigenvalue weighted by molar-refractivity contribution is 0.263. The van der Waals surface area contributed by atoms with E-state index in [1.807, 2.05) is 36.7 Å². The molecule has 6 rings (SSSR count). The average molecular weight is 572 g/mol. The third kappa shape index (κ3) is 6.81. The monoisotopic (exact) mass is 571 g/mol. The van der Waals surface area contributed by atoms with Crippen molar-refractivity contribution in [1.29, 1.82) is 0 Å². The number of pyridine rings is 1. The maximum atomic E-state index is 12.3. The minimum Gasteiger partial charge on any atom is -0.354 e. The number of nitrogens with one attached hydrogen (secondary N) is 2. The Labute approximate surface area is 251 Å². The van der Waals surface area contributed by atoms with Gasteiger partial charge in [0, 0.05) is 42.1 Å². The fourth-order valence-corrected chi connectivity index (χ4v) is 5.95. The number of H-pyrrole nitrogens is 2. The van der Waals surface area contributed by atoms with Gasteiger partial charge in [-0.25, -0.2) is 9.89 Å². The third-order valence-electron chi connectivity index (χ3n) is 7.96. The summed E-state index contributed by atoms with van der Waals surface area (Å²) in [5.74, 6) is 0. The Bertz CT molecular complexity index is 1830. The van der Waals surface area contributed by atoms with E-state index in [-0.39, 0.29) is 5.69 Å². The number of benzene rings is 3. The Hall–Kier alpha value is -4.82. The van der Waals surface area contributed by atoms with Gasteiger partial charge in [-0.2, -0.15) is 4.68 Å². The number of hydrogen-bond acceptors (Lipinski definition) is 5. The second-order valence-corrected chi connectivity index (χ2v) is 11.3. The zero-order valence-corrected chi connectivity index (χ0v) is 24.8. The van der Waals surface area contributed by atoms with E-state index in [0.29, 0.717) is 5.69 Å². The van der Waals surface area contributed by atoms with Gasteiger partial charge in [-0.15, -0.1) is 0 Å². The van der Waals surface area contributed by atoms with Gasteiger partial charge in [-0.05, 0) is 115 Å². The molecule has 2 N–H and O–H groups in total. The average Bonchev–Trinajstić information content (AvgIpc) is 3.61. The van der Waals surface area contributed by atoms with Crippen molar-refractivity contribution in [2.24, 2.45) is 0 Å². The summed E-state index contributed by atoms with van der Waals surface area (Å²) < 4.78 is 1.30. The van der Waals surface area contributed by atoms with Crippen LogP contribution in [0, 0.1) is 13.8 Å². The second-order valence-electron chi connectivity index (χ2n) is 11.3. The summed E-state index contributed by atoms with van der Waals surface area (Å²) >= 11 is 0. The Morgan fingerprint density at radius 3 is 2.40 bits per heavy atom. The minimum absolute atomic E-state index is 0.355. The zero-order chi connectivity index (χ0) is 29.6. The van der Waals surface area contributed by atoms with E-state index >= 15 is 0 Å². The van der Waals surface area contributed by atoms with Gasteiger partial charge in [-0.3, -0.25) is 9.88 Å². The van der Waals surface area contributed by atoms with E-state index in [1.165, 1.54) is 38.1 Å². The van der Waals surface area contributed by atoms with Gasteiger partial charge in [-0.1, -0.05) is 53.6 Å². The van der Waals surface area contributed by atoms with Crippen molar-refractivity contribution in [2.45, 2.75) is 46.1 Å². The quantitative estimate of drug-likeness (QED) is 0.171. The summed E-state index contributed by atoms with van der Waals surface area (Å²) in [5.41, 5.74) is 9.98. The van der Waals surface area contributed by atoms with Gasteiger partial charge in [0.05, 0.1) is 5.69 Å². The van der Waals surface area contributed by atoms with Crippen molar-refractivity contribution in [1.82, 2.24) is 35.1 Å². The Morgan fingerprint density at radius 2 is 1.65 bits per heavy atom. The molecule has 0 radical (unpaired) electrons. The molecule has 0 atom stereocenters. The van der Waals surface area contributed by atoms with Crippen LogP contribution in [0.4, 0.5) is 0 Å². The highest BCUT2D eigenvalue weighted by Crippen LogP contribution is 2.33. The fraction of sp³-hybridized carbons (Fsp3) is 0.257. The van der Waals surface area contributed by atoms with E-state index < -0.39 is 0 Å². The summed E-state index contributed by atoms with van der Waals surface area (Å²) in [6.07, 6.45) is 7.92. The van der Waals surface area contributed by atoms with Crippen molar-refractivity contribution in [3.63, 3.8) is 0 Å². The largest absolute Gasteiger partial charge is 0.365 e. The lowest BCUT2D eigenvalue weighted by Crippen LogP contribution is -2.27. The van der Waals surface area contributed by atoms with E-state index in [9.17, 15) is 4.79 Å². The Morgan fingerprint density at radius 1 is 0.837 bits per heavy atom. The fourth-order valence-electron chi connectivity index (χ4n) is 5.95. The first-order valence-corrected chi connectivity index (χ1v) is 14.9. The highest BCUT2D eigenvalue weighted by molar-refractivity contribution is 5.92. The van der Waals surface area contributed by atoms with Crippen LogP contribution in [0.3, 0.4) is 0 Å². The summed E-state index contributed by atoms with van der Waals surface area (Å²) in [7, 11) is 0. The van der Waals surface area contributed by atoms with Crippen molar-refractivity contribution in [3.8, 4) is 16.9 Å². The third-order valence-corrected chi connectivity index (χ3v) is 7.96. The van der Waals surface area contributed by atoms with E-state index in [1.54, 1.807) is 0 Å². The van der Waals surface area contributed by atoms with Gasteiger partial charge in [0.1, 0.15) is 0 Å². The topological polar surface area (TPSA) is 95.5 Å². The predicted octanol–water partition coefficient (Wildman–Crippen LogP) is 6.18. The molecular weight excluding hydrogens is 534 g/mol. The number of nitrogens with zero attached hydrogens (tertiary/aromatic N) is 5. The number of hydrogen-bond donors (Lipinski definition) is 2. The van der Waals surface area contributed by atoms with Crippen LogP contribution in [0.2, 0.25) is 0 Å². The van der Waals surface area contributed by atoms with Gasteiger partial charge in [0.15, 0.2) is 0 Å². The number of rotatable bonds is 12. The molecule has 0 aliphatic heterocycles. The number of aromatic amines is 2. The van der Waals surface area contributed by atoms with Crippen LogP contribution in [0.25, 0.3) is 27.8 Å². The zero-order valence-electron chi connectivity index (χ0n) is 24.8. The van der Waals surface area contributed by atoms with Gasteiger partial charge in [0.25, 0.3) is 0 Å². The predicted molar refractivity (Wildman–Crippen MR) is 171 cm³/mol. The van der Waals surface area contributed by atoms with Crippen LogP contribution < -0.4 is 5.69 Å². The molecule has 0 aliphatic rings. The molecule has 0 unspecified atom stereocenters. The van der Waals surface area contributed by atoms with Crippen LogP contribution in [0.15, 0.2) is 96.1 Å². The summed E-state index contributed by atoms with van der Waals surface area (Å²) in [4.78, 5) is 22.9. The molecule has 3 aromatic carbocycles. The first-order chi connectivity index (χ1) is 21.0. The number of fused-ring (bicyclic) bond motifs is 1. The molecular formula is C35H37N7O. The lowest BCUT2D eigenvalue weighted by atomic mass is 9.99. The van der Waals surface area contributed by atoms with Crippen LogP contribution in [-0.4, -0.2) is 48.2 Å². The Balaban J connectivity index is 1.30. The second kappa shape index (κ2) is 13.0. The van der Waals surface area contributed by atoms with Crippen LogP contribution >= 0.6 is 0 Å². The SMILES string of the molecule is Cc1cc(C)cc(-c2[nH]c3ccc(-n4nn[nH]c4=O)cc3c2CCN(CCCCc2cccnc2)Cc2ccccc2)c1. The number of aromatic nitrogens is 6. The maximum absolute atomic E-state index is 12.3. The number of unbranched alkanes of at least 4 members (excludes halogenated alkanes) is 1. The molecule has 0 aliphatic carbocycles. The van der Waals surface area contributed by atoms with Crippen LogP contribution in [0.5, 0.6) is 0 Å². The summed E-state index contributed by atoms with van der Waals surface area (Å²) in [6, 6.07) is 27.5. The lowest BCUT2D eigenvalue weighted by Gasteiger charge is -2.23. The van der Waals surface area contributed by atoms with Crippen LogP contribution in [-0.2, 0) is 19.4 Å². The number of tetrazole rings is 1. The van der Waals surface area contributed by atoms with E-state index in [2.05, 4.69) is 98.8 Å². The summed E-state index contributed by atoms with van der Waals surface area (Å²) in [6.45, 7) is 7.09.